The first-order chi connectivity index (χ1) is 8.22. The van der Waals surface area contributed by atoms with Gasteiger partial charge in [-0.25, -0.2) is 0 Å². The second-order valence-corrected chi connectivity index (χ2v) is 5.64. The number of thioether (sulfide) groups is 1. The molecule has 0 spiro atoms. The molecule has 1 N–H and O–H groups in total. The van der Waals surface area contributed by atoms with E-state index in [9.17, 15) is 0 Å². The van der Waals surface area contributed by atoms with E-state index in [0.717, 1.165) is 30.5 Å². The largest absolute Gasteiger partial charge is 0.497 e. The normalized spacial score (nSPS) is 10.8. The maximum atomic E-state index is 5.13. The Kier molecular flexibility index (Phi) is 7.13. The first-order valence-electron chi connectivity index (χ1n) is 6.20. The summed E-state index contributed by atoms with van der Waals surface area (Å²) in [5.74, 6) is 2.83. The van der Waals surface area contributed by atoms with Gasteiger partial charge in [-0.05, 0) is 55.4 Å². The standard InChI is InChI=1S/C14H23NOS/c1-12(2)11-15-9-4-10-17-14-7-5-13(16-3)6-8-14/h5-8,12,15H,4,9-11H2,1-3H3. The van der Waals surface area contributed by atoms with Gasteiger partial charge in [-0.15, -0.1) is 11.8 Å². The van der Waals surface area contributed by atoms with Gasteiger partial charge in [-0.3, -0.25) is 0 Å². The van der Waals surface area contributed by atoms with Crippen LogP contribution in [0.15, 0.2) is 29.2 Å². The van der Waals surface area contributed by atoms with Crippen LogP contribution in [0.2, 0.25) is 0 Å². The molecule has 1 aromatic carbocycles. The van der Waals surface area contributed by atoms with Gasteiger partial charge in [0.2, 0.25) is 0 Å². The zero-order valence-electron chi connectivity index (χ0n) is 11.0. The van der Waals surface area contributed by atoms with Gasteiger partial charge in [-0.2, -0.15) is 0 Å². The maximum Gasteiger partial charge on any atom is 0.118 e. The quantitative estimate of drug-likeness (QED) is 0.566. The van der Waals surface area contributed by atoms with E-state index in [1.165, 1.54) is 11.3 Å². The molecule has 2 nitrogen and oxygen atoms in total. The molecule has 0 aliphatic heterocycles. The first-order valence-corrected chi connectivity index (χ1v) is 7.18. The van der Waals surface area contributed by atoms with Crippen LogP contribution in [-0.4, -0.2) is 26.0 Å². The van der Waals surface area contributed by atoms with E-state index in [4.69, 9.17) is 4.74 Å². The van der Waals surface area contributed by atoms with Crippen LogP contribution < -0.4 is 10.1 Å². The summed E-state index contributed by atoms with van der Waals surface area (Å²) in [5.41, 5.74) is 0. The van der Waals surface area contributed by atoms with E-state index >= 15 is 0 Å². The van der Waals surface area contributed by atoms with Crippen LogP contribution in [0.4, 0.5) is 0 Å². The van der Waals surface area contributed by atoms with E-state index in [-0.39, 0.29) is 0 Å². The number of rotatable bonds is 8. The molecule has 0 unspecified atom stereocenters. The van der Waals surface area contributed by atoms with Crippen LogP contribution in [0.1, 0.15) is 20.3 Å². The Labute approximate surface area is 109 Å². The minimum Gasteiger partial charge on any atom is -0.497 e. The summed E-state index contributed by atoms with van der Waals surface area (Å²) in [6.07, 6.45) is 1.21. The van der Waals surface area contributed by atoms with Crippen LogP contribution in [0.25, 0.3) is 0 Å². The molecule has 1 aromatic rings. The number of hydrogen-bond donors (Lipinski definition) is 1. The summed E-state index contributed by atoms with van der Waals surface area (Å²) < 4.78 is 5.13. The van der Waals surface area contributed by atoms with Gasteiger partial charge in [0.15, 0.2) is 0 Å². The molecule has 0 saturated carbocycles. The average Bonchev–Trinajstić information content (AvgIpc) is 2.34. The van der Waals surface area contributed by atoms with E-state index in [1.54, 1.807) is 7.11 Å². The van der Waals surface area contributed by atoms with Gasteiger partial charge in [-0.1, -0.05) is 13.8 Å². The Morgan fingerprint density at radius 3 is 2.53 bits per heavy atom. The highest BCUT2D eigenvalue weighted by molar-refractivity contribution is 7.99. The third kappa shape index (κ3) is 6.59. The summed E-state index contributed by atoms with van der Waals surface area (Å²) in [7, 11) is 1.70. The molecule has 17 heavy (non-hydrogen) atoms. The van der Waals surface area contributed by atoms with Crippen LogP contribution in [0, 0.1) is 5.92 Å². The molecule has 0 radical (unpaired) electrons. The molecular formula is C14H23NOS. The van der Waals surface area contributed by atoms with Crippen LogP contribution in [0.5, 0.6) is 5.75 Å². The highest BCUT2D eigenvalue weighted by atomic mass is 32.2. The van der Waals surface area contributed by atoms with Crippen molar-refractivity contribution in [2.24, 2.45) is 5.92 Å². The molecule has 3 heteroatoms. The predicted octanol–water partition coefficient (Wildman–Crippen LogP) is 3.42. The van der Waals surface area contributed by atoms with Gasteiger partial charge in [0.05, 0.1) is 7.11 Å². The highest BCUT2D eigenvalue weighted by Gasteiger charge is 1.96. The van der Waals surface area contributed by atoms with Crippen LogP contribution >= 0.6 is 11.8 Å². The van der Waals surface area contributed by atoms with Crippen molar-refractivity contribution in [1.29, 1.82) is 0 Å². The van der Waals surface area contributed by atoms with E-state index < -0.39 is 0 Å². The molecule has 0 amide bonds. The smallest absolute Gasteiger partial charge is 0.118 e. The zero-order chi connectivity index (χ0) is 12.5. The third-order valence-corrected chi connectivity index (χ3v) is 3.48. The molecular weight excluding hydrogens is 230 g/mol. The minimum absolute atomic E-state index is 0.740. The van der Waals surface area contributed by atoms with Crippen molar-refractivity contribution in [1.82, 2.24) is 5.32 Å². The lowest BCUT2D eigenvalue weighted by atomic mass is 10.2. The Morgan fingerprint density at radius 2 is 1.94 bits per heavy atom. The Bertz CT molecular complexity index is 298. The van der Waals surface area contributed by atoms with Gasteiger partial charge in [0, 0.05) is 4.90 Å². The van der Waals surface area contributed by atoms with E-state index in [1.807, 2.05) is 23.9 Å². The minimum atomic E-state index is 0.740. The lowest BCUT2D eigenvalue weighted by Crippen LogP contribution is -2.21. The Balaban J connectivity index is 2.09. The molecule has 0 saturated heterocycles. The molecule has 0 heterocycles. The van der Waals surface area contributed by atoms with Crippen LogP contribution in [-0.2, 0) is 0 Å². The van der Waals surface area contributed by atoms with E-state index in [2.05, 4.69) is 31.3 Å². The maximum absolute atomic E-state index is 5.13. The number of ether oxygens (including phenoxy) is 1. The molecule has 96 valence electrons. The molecule has 0 fully saturated rings. The van der Waals surface area contributed by atoms with E-state index in [0.29, 0.717) is 0 Å². The van der Waals surface area contributed by atoms with Crippen LogP contribution in [0.3, 0.4) is 0 Å². The predicted molar refractivity (Wildman–Crippen MR) is 76.0 cm³/mol. The molecule has 0 aliphatic rings. The van der Waals surface area contributed by atoms with Crippen molar-refractivity contribution in [2.75, 3.05) is 26.0 Å². The zero-order valence-corrected chi connectivity index (χ0v) is 11.8. The summed E-state index contributed by atoms with van der Waals surface area (Å²) in [4.78, 5) is 1.31. The van der Waals surface area contributed by atoms with Crippen molar-refractivity contribution in [2.45, 2.75) is 25.2 Å². The Morgan fingerprint density at radius 1 is 1.24 bits per heavy atom. The summed E-state index contributed by atoms with van der Waals surface area (Å²) in [6.45, 7) is 6.70. The second kappa shape index (κ2) is 8.43. The van der Waals surface area contributed by atoms with Crippen molar-refractivity contribution in [3.63, 3.8) is 0 Å². The molecule has 1 rings (SSSR count). The van der Waals surface area contributed by atoms with Crippen molar-refractivity contribution < 1.29 is 4.74 Å². The van der Waals surface area contributed by atoms with Crippen molar-refractivity contribution in [3.05, 3.63) is 24.3 Å². The molecule has 0 aromatic heterocycles. The fourth-order valence-corrected chi connectivity index (χ4v) is 2.30. The third-order valence-electron chi connectivity index (χ3n) is 2.38. The second-order valence-electron chi connectivity index (χ2n) is 4.48. The average molecular weight is 253 g/mol. The first kappa shape index (κ1) is 14.4. The fourth-order valence-electron chi connectivity index (χ4n) is 1.45. The summed E-state index contributed by atoms with van der Waals surface area (Å²) in [6, 6.07) is 8.26. The van der Waals surface area contributed by atoms with Gasteiger partial charge in [0.25, 0.3) is 0 Å². The Hall–Kier alpha value is -0.670. The van der Waals surface area contributed by atoms with Gasteiger partial charge in [0.1, 0.15) is 5.75 Å². The molecule has 0 aliphatic carbocycles. The van der Waals surface area contributed by atoms with Crippen molar-refractivity contribution >= 4 is 11.8 Å². The van der Waals surface area contributed by atoms with Gasteiger partial charge >= 0.3 is 0 Å². The monoisotopic (exact) mass is 253 g/mol. The lowest BCUT2D eigenvalue weighted by molar-refractivity contribution is 0.414. The number of benzene rings is 1. The SMILES string of the molecule is COc1ccc(SCCCNCC(C)C)cc1. The fraction of sp³-hybridized carbons (Fsp3) is 0.571. The molecule has 0 atom stereocenters. The topological polar surface area (TPSA) is 21.3 Å². The lowest BCUT2D eigenvalue weighted by Gasteiger charge is -2.07. The van der Waals surface area contributed by atoms with Crippen molar-refractivity contribution in [3.8, 4) is 5.75 Å². The highest BCUT2D eigenvalue weighted by Crippen LogP contribution is 2.21. The summed E-state index contributed by atoms with van der Waals surface area (Å²) in [5, 5.41) is 3.46. The molecule has 0 bridgehead atoms. The summed E-state index contributed by atoms with van der Waals surface area (Å²) >= 11 is 1.90. The number of hydrogen-bond acceptors (Lipinski definition) is 3. The number of methoxy groups -OCH3 is 1. The van der Waals surface area contributed by atoms with Gasteiger partial charge < -0.3 is 10.1 Å². The number of nitrogens with one attached hydrogen (secondary N) is 1.